The van der Waals surface area contributed by atoms with Gasteiger partial charge in [0.2, 0.25) is 20.0 Å². The Hall–Kier alpha value is -1.04. The Bertz CT molecular complexity index is 917. The molecule has 0 N–H and O–H groups in total. The average Bonchev–Trinajstić information content (AvgIpc) is 2.76. The van der Waals surface area contributed by atoms with Gasteiger partial charge < -0.3 is 0 Å². The second-order valence-electron chi connectivity index (χ2n) is 7.39. The summed E-state index contributed by atoms with van der Waals surface area (Å²) in [5.41, 5.74) is 1.42. The maximum Gasteiger partial charge on any atom is 0.228 e. The van der Waals surface area contributed by atoms with Gasteiger partial charge in [0.15, 0.2) is 0 Å². The lowest BCUT2D eigenvalue weighted by Crippen LogP contribution is -2.30. The number of sulfonamides is 2. The minimum Gasteiger partial charge on any atom is -0.211 e. The Morgan fingerprint density at radius 3 is 1.28 bits per heavy atom. The maximum absolute atomic E-state index is 13.1. The summed E-state index contributed by atoms with van der Waals surface area (Å²) in [6.07, 6.45) is 3.09. The van der Waals surface area contributed by atoms with Gasteiger partial charge in [-0.3, -0.25) is 0 Å². The standard InChI is InChI=1S/C22H32N2O4S4/c1-3-5-17-23(31(25,26)19-21-13-9-7-10-14-21)29-30-24(18-6-4-2)32(27,28)20-22-15-11-8-12-16-22/h7-16H,3-6,17-20H2,1-2H3. The van der Waals surface area contributed by atoms with Gasteiger partial charge in [0.25, 0.3) is 0 Å². The third kappa shape index (κ3) is 9.07. The van der Waals surface area contributed by atoms with E-state index in [2.05, 4.69) is 0 Å². The van der Waals surface area contributed by atoms with Crippen LogP contribution in [0.2, 0.25) is 0 Å². The Balaban J connectivity index is 2.16. The quantitative estimate of drug-likeness (QED) is 0.231. The Morgan fingerprint density at radius 1 is 0.625 bits per heavy atom. The van der Waals surface area contributed by atoms with Gasteiger partial charge in [-0.05, 0) is 24.0 Å². The molecule has 2 aromatic carbocycles. The SMILES string of the molecule is CCCCN(SSN(CCCC)S(=O)(=O)Cc1ccccc1)S(=O)(=O)Cc1ccccc1. The van der Waals surface area contributed by atoms with Gasteiger partial charge in [-0.15, -0.1) is 7.42 Å². The van der Waals surface area contributed by atoms with E-state index >= 15 is 0 Å². The summed E-state index contributed by atoms with van der Waals surface area (Å²) in [5.74, 6) is -0.228. The van der Waals surface area contributed by atoms with E-state index < -0.39 is 20.0 Å². The van der Waals surface area contributed by atoms with Crippen molar-refractivity contribution in [3.8, 4) is 0 Å². The molecule has 0 saturated carbocycles. The van der Waals surface area contributed by atoms with Crippen LogP contribution in [0.4, 0.5) is 0 Å². The molecule has 0 radical (unpaired) electrons. The molecule has 6 nitrogen and oxygen atoms in total. The molecule has 2 rings (SSSR count). The molecule has 32 heavy (non-hydrogen) atoms. The van der Waals surface area contributed by atoms with E-state index in [4.69, 9.17) is 0 Å². The summed E-state index contributed by atoms with van der Waals surface area (Å²) in [4.78, 5) is 0. The Morgan fingerprint density at radius 2 is 0.969 bits per heavy atom. The highest BCUT2D eigenvalue weighted by Gasteiger charge is 2.28. The van der Waals surface area contributed by atoms with E-state index in [1.807, 2.05) is 50.2 Å². The zero-order chi connectivity index (χ0) is 23.5. The second kappa shape index (κ2) is 13.6. The minimum atomic E-state index is -3.61. The summed E-state index contributed by atoms with van der Waals surface area (Å²) in [6, 6.07) is 18.1. The predicted octanol–water partition coefficient (Wildman–Crippen LogP) is 5.46. The fourth-order valence-corrected chi connectivity index (χ4v) is 9.80. The maximum atomic E-state index is 13.1. The molecule has 178 valence electrons. The highest BCUT2D eigenvalue weighted by molar-refractivity contribution is 8.76. The first-order valence-corrected chi connectivity index (χ1v) is 16.0. The number of unbranched alkanes of at least 4 members (excludes halogenated alkanes) is 2. The van der Waals surface area contributed by atoms with Crippen molar-refractivity contribution in [2.45, 2.75) is 51.0 Å². The van der Waals surface area contributed by atoms with Crippen LogP contribution in [-0.4, -0.2) is 37.3 Å². The number of rotatable bonds is 15. The lowest BCUT2D eigenvalue weighted by Gasteiger charge is -2.25. The van der Waals surface area contributed by atoms with Crippen molar-refractivity contribution < 1.29 is 16.8 Å². The molecular weight excluding hydrogens is 485 g/mol. The van der Waals surface area contributed by atoms with E-state index in [1.165, 1.54) is 7.42 Å². The third-order valence-electron chi connectivity index (χ3n) is 4.59. The summed E-state index contributed by atoms with van der Waals surface area (Å²) >= 11 is 0. The van der Waals surface area contributed by atoms with Crippen LogP contribution in [0.5, 0.6) is 0 Å². The highest BCUT2D eigenvalue weighted by Crippen LogP contribution is 2.36. The van der Waals surface area contributed by atoms with E-state index in [-0.39, 0.29) is 11.5 Å². The molecule has 0 aliphatic carbocycles. The fraction of sp³-hybridized carbons (Fsp3) is 0.455. The van der Waals surface area contributed by atoms with Crippen molar-refractivity contribution >= 4 is 42.0 Å². The molecule has 0 aromatic heterocycles. The van der Waals surface area contributed by atoms with Crippen LogP contribution in [0.15, 0.2) is 60.7 Å². The van der Waals surface area contributed by atoms with Crippen LogP contribution in [0, 0.1) is 0 Å². The molecule has 0 atom stereocenters. The first-order chi connectivity index (χ1) is 15.3. The Kier molecular flexibility index (Phi) is 11.6. The van der Waals surface area contributed by atoms with Crippen molar-refractivity contribution in [3.63, 3.8) is 0 Å². The van der Waals surface area contributed by atoms with Crippen molar-refractivity contribution in [3.05, 3.63) is 71.8 Å². The molecule has 0 fully saturated rings. The van der Waals surface area contributed by atoms with Crippen LogP contribution in [0.25, 0.3) is 0 Å². The lowest BCUT2D eigenvalue weighted by atomic mass is 10.2. The van der Waals surface area contributed by atoms with Gasteiger partial charge in [-0.1, -0.05) is 87.4 Å². The van der Waals surface area contributed by atoms with Crippen molar-refractivity contribution in [2.75, 3.05) is 13.1 Å². The van der Waals surface area contributed by atoms with Crippen LogP contribution in [-0.2, 0) is 31.6 Å². The molecule has 10 heteroatoms. The zero-order valence-electron chi connectivity index (χ0n) is 18.6. The average molecular weight is 517 g/mol. The van der Waals surface area contributed by atoms with E-state index in [1.54, 1.807) is 24.3 Å². The van der Waals surface area contributed by atoms with Gasteiger partial charge in [-0.2, -0.15) is 0 Å². The molecule has 0 unspecified atom stereocenters. The van der Waals surface area contributed by atoms with Gasteiger partial charge in [-0.25, -0.2) is 16.8 Å². The predicted molar refractivity (Wildman–Crippen MR) is 137 cm³/mol. The number of nitrogens with zero attached hydrogens (tertiary/aromatic N) is 2. The molecule has 0 spiro atoms. The number of hydrogen-bond donors (Lipinski definition) is 0. The van der Waals surface area contributed by atoms with Crippen LogP contribution < -0.4 is 0 Å². The van der Waals surface area contributed by atoms with Crippen molar-refractivity contribution in [1.82, 2.24) is 7.42 Å². The van der Waals surface area contributed by atoms with E-state index in [0.717, 1.165) is 34.8 Å². The van der Waals surface area contributed by atoms with Crippen LogP contribution >= 0.6 is 22.0 Å². The van der Waals surface area contributed by atoms with Crippen LogP contribution in [0.1, 0.15) is 50.7 Å². The van der Waals surface area contributed by atoms with Crippen molar-refractivity contribution in [1.29, 1.82) is 0 Å². The topological polar surface area (TPSA) is 74.8 Å². The lowest BCUT2D eigenvalue weighted by molar-refractivity contribution is 0.528. The largest absolute Gasteiger partial charge is 0.228 e. The normalized spacial score (nSPS) is 12.5. The smallest absolute Gasteiger partial charge is 0.211 e. The highest BCUT2D eigenvalue weighted by atomic mass is 33.1. The first-order valence-electron chi connectivity index (χ1n) is 10.7. The van der Waals surface area contributed by atoms with Crippen LogP contribution in [0.3, 0.4) is 0 Å². The zero-order valence-corrected chi connectivity index (χ0v) is 21.9. The summed E-state index contributed by atoms with van der Waals surface area (Å²) < 4.78 is 55.1. The molecule has 0 aliphatic rings. The second-order valence-corrected chi connectivity index (χ2v) is 13.7. The van der Waals surface area contributed by atoms with E-state index in [0.29, 0.717) is 37.1 Å². The molecular formula is C22H32N2O4S4. The summed E-state index contributed by atoms with van der Waals surface area (Å²) in [6.45, 7) is 4.67. The van der Waals surface area contributed by atoms with E-state index in [9.17, 15) is 16.8 Å². The molecule has 0 aliphatic heterocycles. The van der Waals surface area contributed by atoms with Gasteiger partial charge in [0, 0.05) is 35.0 Å². The molecule has 0 heterocycles. The fourth-order valence-electron chi connectivity index (χ4n) is 2.81. The van der Waals surface area contributed by atoms with Crippen molar-refractivity contribution in [2.24, 2.45) is 0 Å². The molecule has 0 bridgehead atoms. The molecule has 0 saturated heterocycles. The number of hydrogen-bond acceptors (Lipinski definition) is 6. The van der Waals surface area contributed by atoms with Gasteiger partial charge in [0.1, 0.15) is 0 Å². The third-order valence-corrected chi connectivity index (χ3v) is 12.0. The van der Waals surface area contributed by atoms with Gasteiger partial charge in [0.05, 0.1) is 11.5 Å². The Labute approximate surface area is 201 Å². The summed E-state index contributed by atoms with van der Waals surface area (Å²) in [7, 11) is -5.24. The first kappa shape index (κ1) is 27.2. The summed E-state index contributed by atoms with van der Waals surface area (Å²) in [5, 5.41) is 0. The monoisotopic (exact) mass is 516 g/mol. The molecule has 2 aromatic rings. The molecule has 0 amide bonds. The minimum absolute atomic E-state index is 0.114. The van der Waals surface area contributed by atoms with Gasteiger partial charge >= 0.3 is 0 Å². The number of benzene rings is 2.